The minimum Gasteiger partial charge on any atom is -0.494 e. The lowest BCUT2D eigenvalue weighted by atomic mass is 10.2. The molecule has 166 valence electrons. The first-order valence-corrected chi connectivity index (χ1v) is 12.7. The molecular formula is C23H22N2O5S2. The Kier molecular flexibility index (Phi) is 6.57. The summed E-state index contributed by atoms with van der Waals surface area (Å²) in [5, 5.41) is 5.88. The first kappa shape index (κ1) is 22.0. The molecule has 9 heteroatoms. The van der Waals surface area contributed by atoms with Crippen LogP contribution in [0.5, 0.6) is 5.75 Å². The molecule has 0 saturated heterocycles. The predicted molar refractivity (Wildman–Crippen MR) is 125 cm³/mol. The summed E-state index contributed by atoms with van der Waals surface area (Å²) in [6, 6.07) is 15.7. The summed E-state index contributed by atoms with van der Waals surface area (Å²) in [5.41, 5.74) is 1.34. The van der Waals surface area contributed by atoms with Gasteiger partial charge in [-0.3, -0.25) is 4.79 Å². The van der Waals surface area contributed by atoms with Crippen molar-refractivity contribution >= 4 is 43.2 Å². The van der Waals surface area contributed by atoms with Crippen molar-refractivity contribution in [2.75, 3.05) is 17.7 Å². The van der Waals surface area contributed by atoms with E-state index in [9.17, 15) is 13.2 Å². The van der Waals surface area contributed by atoms with Gasteiger partial charge in [0.2, 0.25) is 5.91 Å². The van der Waals surface area contributed by atoms with Crippen LogP contribution in [0.3, 0.4) is 0 Å². The van der Waals surface area contributed by atoms with E-state index in [-0.39, 0.29) is 29.4 Å². The second-order valence-corrected chi connectivity index (χ2v) is 10.0. The number of sulfone groups is 1. The number of anilines is 1. The molecule has 0 aliphatic rings. The second kappa shape index (κ2) is 9.54. The van der Waals surface area contributed by atoms with E-state index < -0.39 is 9.84 Å². The van der Waals surface area contributed by atoms with Gasteiger partial charge in [-0.2, -0.15) is 0 Å². The normalized spacial score (nSPS) is 11.5. The summed E-state index contributed by atoms with van der Waals surface area (Å²) < 4.78 is 36.0. The zero-order valence-electron chi connectivity index (χ0n) is 17.4. The van der Waals surface area contributed by atoms with Crippen molar-refractivity contribution in [1.82, 2.24) is 4.98 Å². The molecule has 2 aromatic carbocycles. The molecule has 2 heterocycles. The number of furan rings is 1. The molecule has 4 aromatic rings. The van der Waals surface area contributed by atoms with Crippen LogP contribution in [0.4, 0.5) is 5.13 Å². The van der Waals surface area contributed by atoms with Gasteiger partial charge in [0.25, 0.3) is 0 Å². The van der Waals surface area contributed by atoms with Crippen LogP contribution in [0.15, 0.2) is 69.3 Å². The molecule has 0 bridgehead atoms. The molecule has 0 radical (unpaired) electrons. The van der Waals surface area contributed by atoms with Crippen LogP contribution in [-0.2, 0) is 14.6 Å². The molecule has 0 saturated carbocycles. The largest absolute Gasteiger partial charge is 0.494 e. The van der Waals surface area contributed by atoms with Gasteiger partial charge in [-0.15, -0.1) is 11.3 Å². The Bertz CT molecular complexity index is 1330. The lowest BCUT2D eigenvalue weighted by Crippen LogP contribution is -2.14. The number of thiazole rings is 1. The van der Waals surface area contributed by atoms with Crippen molar-refractivity contribution in [3.8, 4) is 17.2 Å². The number of carbonyl (C=O) groups is 1. The number of aromatic nitrogens is 1. The van der Waals surface area contributed by atoms with Crippen LogP contribution in [0.1, 0.15) is 19.8 Å². The van der Waals surface area contributed by atoms with Gasteiger partial charge in [0.05, 0.1) is 17.3 Å². The average molecular weight is 471 g/mol. The molecule has 4 rings (SSSR count). The van der Waals surface area contributed by atoms with E-state index >= 15 is 0 Å². The molecule has 1 N–H and O–H groups in total. The maximum Gasteiger partial charge on any atom is 0.226 e. The van der Waals surface area contributed by atoms with E-state index in [0.717, 1.165) is 16.7 Å². The number of benzene rings is 2. The lowest BCUT2D eigenvalue weighted by molar-refractivity contribution is -0.116. The summed E-state index contributed by atoms with van der Waals surface area (Å²) in [5.74, 6) is 1.00. The highest BCUT2D eigenvalue weighted by molar-refractivity contribution is 7.91. The van der Waals surface area contributed by atoms with Crippen LogP contribution in [0.2, 0.25) is 0 Å². The standard InChI is InChI=1S/C23H22N2O5S2/c1-2-29-17-10-11-20-16(13-17)14-21(30-20)19-15-31-23(24-19)25-22(26)9-6-12-32(27,28)18-7-4-3-5-8-18/h3-5,7-8,10-11,13-15H,2,6,9,12H2,1H3,(H,24,25,26). The van der Waals surface area contributed by atoms with Gasteiger partial charge in [-0.05, 0) is 49.7 Å². The molecule has 2 aromatic heterocycles. The first-order valence-electron chi connectivity index (χ1n) is 10.1. The number of hydrogen-bond acceptors (Lipinski definition) is 7. The van der Waals surface area contributed by atoms with Crippen molar-refractivity contribution in [2.24, 2.45) is 0 Å². The van der Waals surface area contributed by atoms with Crippen LogP contribution in [0.25, 0.3) is 22.4 Å². The minimum absolute atomic E-state index is 0.0870. The van der Waals surface area contributed by atoms with Crippen molar-refractivity contribution in [3.63, 3.8) is 0 Å². The highest BCUT2D eigenvalue weighted by Crippen LogP contribution is 2.32. The number of nitrogens with one attached hydrogen (secondary N) is 1. The molecule has 0 fully saturated rings. The van der Waals surface area contributed by atoms with Gasteiger partial charge in [-0.25, -0.2) is 13.4 Å². The molecule has 7 nitrogen and oxygen atoms in total. The van der Waals surface area contributed by atoms with Gasteiger partial charge in [0.15, 0.2) is 20.7 Å². The monoisotopic (exact) mass is 470 g/mol. The van der Waals surface area contributed by atoms with Crippen LogP contribution in [-0.4, -0.2) is 31.7 Å². The predicted octanol–water partition coefficient (Wildman–Crippen LogP) is 5.15. The van der Waals surface area contributed by atoms with Crippen molar-refractivity contribution in [1.29, 1.82) is 0 Å². The third kappa shape index (κ3) is 5.17. The van der Waals surface area contributed by atoms with E-state index in [4.69, 9.17) is 9.15 Å². The number of nitrogens with zero attached hydrogens (tertiary/aromatic N) is 1. The van der Waals surface area contributed by atoms with E-state index in [1.54, 1.807) is 35.7 Å². The molecule has 0 aliphatic carbocycles. The molecule has 0 aliphatic heterocycles. The Balaban J connectivity index is 1.35. The molecule has 1 amide bonds. The fourth-order valence-electron chi connectivity index (χ4n) is 3.20. The Hall–Kier alpha value is -3.17. The highest BCUT2D eigenvalue weighted by Gasteiger charge is 2.16. The number of ether oxygens (including phenoxy) is 1. The van der Waals surface area contributed by atoms with E-state index in [1.807, 2.05) is 31.2 Å². The number of amides is 1. The highest BCUT2D eigenvalue weighted by atomic mass is 32.2. The van der Waals surface area contributed by atoms with Gasteiger partial charge in [0.1, 0.15) is 17.0 Å². The maximum atomic E-state index is 12.3. The Labute approximate surface area is 190 Å². The molecule has 0 atom stereocenters. The van der Waals surface area contributed by atoms with Crippen LogP contribution >= 0.6 is 11.3 Å². The number of hydrogen-bond donors (Lipinski definition) is 1. The fraction of sp³-hybridized carbons (Fsp3) is 0.217. The summed E-state index contributed by atoms with van der Waals surface area (Å²) in [7, 11) is -3.39. The summed E-state index contributed by atoms with van der Waals surface area (Å²) in [6.45, 7) is 2.52. The number of carbonyl (C=O) groups excluding carboxylic acids is 1. The molecule has 32 heavy (non-hydrogen) atoms. The Morgan fingerprint density at radius 1 is 1.16 bits per heavy atom. The smallest absolute Gasteiger partial charge is 0.226 e. The molecule has 0 spiro atoms. The number of fused-ring (bicyclic) bond motifs is 1. The molecule has 0 unspecified atom stereocenters. The topological polar surface area (TPSA) is 98.5 Å². The van der Waals surface area contributed by atoms with Gasteiger partial charge in [0, 0.05) is 17.2 Å². The van der Waals surface area contributed by atoms with E-state index in [0.29, 0.717) is 23.2 Å². The van der Waals surface area contributed by atoms with Crippen molar-refractivity contribution < 1.29 is 22.4 Å². The quantitative estimate of drug-likeness (QED) is 0.363. The van der Waals surface area contributed by atoms with Crippen LogP contribution in [0, 0.1) is 0 Å². The Morgan fingerprint density at radius 3 is 2.75 bits per heavy atom. The summed E-state index contributed by atoms with van der Waals surface area (Å²) in [6.07, 6.45) is 0.318. The third-order valence-corrected chi connectivity index (χ3v) is 7.30. The summed E-state index contributed by atoms with van der Waals surface area (Å²) in [4.78, 5) is 16.9. The SMILES string of the molecule is CCOc1ccc2oc(-c3csc(NC(=O)CCCS(=O)(=O)c4ccccc4)n3)cc2c1. The summed E-state index contributed by atoms with van der Waals surface area (Å²) >= 11 is 1.28. The van der Waals surface area contributed by atoms with Crippen molar-refractivity contribution in [3.05, 3.63) is 60.0 Å². The second-order valence-electron chi connectivity index (χ2n) is 7.06. The third-order valence-electron chi connectivity index (χ3n) is 4.72. The van der Waals surface area contributed by atoms with Gasteiger partial charge >= 0.3 is 0 Å². The molecular weight excluding hydrogens is 448 g/mol. The van der Waals surface area contributed by atoms with Gasteiger partial charge < -0.3 is 14.5 Å². The van der Waals surface area contributed by atoms with Crippen LogP contribution < -0.4 is 10.1 Å². The van der Waals surface area contributed by atoms with E-state index in [1.165, 1.54) is 11.3 Å². The maximum absolute atomic E-state index is 12.3. The minimum atomic E-state index is -3.39. The lowest BCUT2D eigenvalue weighted by Gasteiger charge is -2.04. The first-order chi connectivity index (χ1) is 15.4. The van der Waals surface area contributed by atoms with Crippen molar-refractivity contribution in [2.45, 2.75) is 24.7 Å². The zero-order chi connectivity index (χ0) is 22.6. The zero-order valence-corrected chi connectivity index (χ0v) is 19.0. The van der Waals surface area contributed by atoms with E-state index in [2.05, 4.69) is 10.3 Å². The number of rotatable bonds is 9. The van der Waals surface area contributed by atoms with Gasteiger partial charge in [-0.1, -0.05) is 18.2 Å². The Morgan fingerprint density at radius 2 is 1.97 bits per heavy atom. The fourth-order valence-corrected chi connectivity index (χ4v) is 5.25. The average Bonchev–Trinajstić information content (AvgIpc) is 3.41.